The van der Waals surface area contributed by atoms with Crippen LogP contribution in [0.3, 0.4) is 0 Å². The minimum absolute atomic E-state index is 0.253. The van der Waals surface area contributed by atoms with Crippen LogP contribution in [0.25, 0.3) is 0 Å². The number of nitrogens with zero attached hydrogens (tertiary/aromatic N) is 1. The maximum absolute atomic E-state index is 9.05. The van der Waals surface area contributed by atoms with E-state index < -0.39 is 0 Å². The summed E-state index contributed by atoms with van der Waals surface area (Å²) >= 11 is 0. The molecular weight excluding hydrogens is 126 g/mol. The highest BCUT2D eigenvalue weighted by Crippen LogP contribution is 2.49. The van der Waals surface area contributed by atoms with Gasteiger partial charge in [-0.25, -0.2) is 0 Å². The van der Waals surface area contributed by atoms with Crippen molar-refractivity contribution in [3.8, 4) is 0 Å². The summed E-state index contributed by atoms with van der Waals surface area (Å²) in [6, 6.07) is 0.525. The molecule has 1 unspecified atom stereocenters. The Hall–Kier alpha value is -0.0800. The highest BCUT2D eigenvalue weighted by Gasteiger charge is 2.47. The molecule has 0 amide bonds. The monoisotopic (exact) mass is 143 g/mol. The predicted molar refractivity (Wildman–Crippen MR) is 41.9 cm³/mol. The second kappa shape index (κ2) is 2.51. The van der Waals surface area contributed by atoms with Crippen LogP contribution in [0, 0.1) is 5.41 Å². The van der Waals surface area contributed by atoms with Crippen molar-refractivity contribution in [1.29, 1.82) is 0 Å². The smallest absolute Gasteiger partial charge is 0.0502 e. The van der Waals surface area contributed by atoms with Gasteiger partial charge in [-0.05, 0) is 33.9 Å². The molecule has 10 heavy (non-hydrogen) atoms. The van der Waals surface area contributed by atoms with Gasteiger partial charge in [-0.1, -0.05) is 0 Å². The molecule has 0 radical (unpaired) electrons. The van der Waals surface area contributed by atoms with Gasteiger partial charge >= 0.3 is 0 Å². The molecule has 1 fully saturated rings. The van der Waals surface area contributed by atoms with Crippen molar-refractivity contribution in [2.24, 2.45) is 5.41 Å². The fourth-order valence-corrected chi connectivity index (χ4v) is 1.42. The SMILES string of the molecule is CC(N(C)C)C1(CO)CC1. The molecule has 1 atom stereocenters. The standard InChI is InChI=1S/C8H17NO/c1-7(9(2)3)8(6-10)4-5-8/h7,10H,4-6H2,1-3H3. The summed E-state index contributed by atoms with van der Waals surface area (Å²) in [5.41, 5.74) is 0.253. The van der Waals surface area contributed by atoms with Gasteiger partial charge in [0.1, 0.15) is 0 Å². The summed E-state index contributed by atoms with van der Waals surface area (Å²) in [4.78, 5) is 2.18. The van der Waals surface area contributed by atoms with E-state index in [-0.39, 0.29) is 5.41 Å². The molecule has 60 valence electrons. The third-order valence-corrected chi connectivity index (χ3v) is 2.87. The van der Waals surface area contributed by atoms with Crippen molar-refractivity contribution in [3.05, 3.63) is 0 Å². The molecule has 0 aliphatic heterocycles. The first-order chi connectivity index (χ1) is 4.62. The lowest BCUT2D eigenvalue weighted by Gasteiger charge is -2.27. The van der Waals surface area contributed by atoms with E-state index in [4.69, 9.17) is 5.11 Å². The minimum Gasteiger partial charge on any atom is -0.396 e. The van der Waals surface area contributed by atoms with Gasteiger partial charge in [-0.15, -0.1) is 0 Å². The Morgan fingerprint density at radius 1 is 1.50 bits per heavy atom. The van der Waals surface area contributed by atoms with E-state index >= 15 is 0 Å². The lowest BCUT2D eigenvalue weighted by molar-refractivity contribution is 0.126. The molecule has 1 saturated carbocycles. The predicted octanol–water partition coefficient (Wildman–Crippen LogP) is 0.709. The van der Waals surface area contributed by atoms with E-state index in [1.807, 2.05) is 0 Å². The van der Waals surface area contributed by atoms with Crippen LogP contribution in [0.4, 0.5) is 0 Å². The van der Waals surface area contributed by atoms with Crippen LogP contribution < -0.4 is 0 Å². The maximum atomic E-state index is 9.05. The van der Waals surface area contributed by atoms with Crippen LogP contribution >= 0.6 is 0 Å². The Morgan fingerprint density at radius 2 is 2.00 bits per heavy atom. The molecule has 0 aromatic rings. The first-order valence-electron chi connectivity index (χ1n) is 3.90. The van der Waals surface area contributed by atoms with Gasteiger partial charge in [0, 0.05) is 11.5 Å². The third-order valence-electron chi connectivity index (χ3n) is 2.87. The Labute approximate surface area is 62.8 Å². The van der Waals surface area contributed by atoms with E-state index in [1.54, 1.807) is 0 Å². The molecule has 1 aliphatic rings. The zero-order chi connectivity index (χ0) is 7.78. The van der Waals surface area contributed by atoms with Gasteiger partial charge < -0.3 is 10.0 Å². The molecule has 1 rings (SSSR count). The number of hydrogen-bond donors (Lipinski definition) is 1. The van der Waals surface area contributed by atoms with Crippen molar-refractivity contribution < 1.29 is 5.11 Å². The average molecular weight is 143 g/mol. The van der Waals surface area contributed by atoms with E-state index in [0.29, 0.717) is 12.6 Å². The maximum Gasteiger partial charge on any atom is 0.0502 e. The summed E-state index contributed by atoms with van der Waals surface area (Å²) < 4.78 is 0. The Bertz CT molecular complexity index is 118. The van der Waals surface area contributed by atoms with E-state index in [1.165, 1.54) is 12.8 Å². The van der Waals surface area contributed by atoms with Crippen molar-refractivity contribution in [2.45, 2.75) is 25.8 Å². The fourth-order valence-electron chi connectivity index (χ4n) is 1.42. The summed E-state index contributed by atoms with van der Waals surface area (Å²) in [7, 11) is 4.14. The molecule has 0 aromatic heterocycles. The van der Waals surface area contributed by atoms with E-state index in [9.17, 15) is 0 Å². The van der Waals surface area contributed by atoms with Crippen LogP contribution in [-0.2, 0) is 0 Å². The lowest BCUT2D eigenvalue weighted by atomic mass is 9.98. The largest absolute Gasteiger partial charge is 0.396 e. The van der Waals surface area contributed by atoms with Gasteiger partial charge in [0.05, 0.1) is 6.61 Å². The van der Waals surface area contributed by atoms with Crippen molar-refractivity contribution >= 4 is 0 Å². The van der Waals surface area contributed by atoms with Crippen molar-refractivity contribution in [3.63, 3.8) is 0 Å². The molecule has 1 N–H and O–H groups in total. The summed E-state index contributed by atoms with van der Waals surface area (Å²) in [6.45, 7) is 2.54. The van der Waals surface area contributed by atoms with Crippen LogP contribution in [0.15, 0.2) is 0 Å². The highest BCUT2D eigenvalue weighted by molar-refractivity contribution is 4.99. The summed E-state index contributed by atoms with van der Waals surface area (Å²) in [5, 5.41) is 9.05. The van der Waals surface area contributed by atoms with E-state index in [2.05, 4.69) is 25.9 Å². The number of aliphatic hydroxyl groups excluding tert-OH is 1. The molecule has 1 aliphatic carbocycles. The molecule has 0 heterocycles. The molecule has 0 spiro atoms. The van der Waals surface area contributed by atoms with Crippen LogP contribution in [0.2, 0.25) is 0 Å². The van der Waals surface area contributed by atoms with Crippen LogP contribution in [0.1, 0.15) is 19.8 Å². The minimum atomic E-state index is 0.253. The zero-order valence-electron chi connectivity index (χ0n) is 7.09. The third kappa shape index (κ3) is 1.18. The first kappa shape index (κ1) is 8.02. The number of aliphatic hydroxyl groups is 1. The highest BCUT2D eigenvalue weighted by atomic mass is 16.3. The topological polar surface area (TPSA) is 23.5 Å². The summed E-state index contributed by atoms with van der Waals surface area (Å²) in [5.74, 6) is 0. The second-order valence-corrected chi connectivity index (χ2v) is 3.66. The second-order valence-electron chi connectivity index (χ2n) is 3.66. The van der Waals surface area contributed by atoms with Crippen LogP contribution in [0.5, 0.6) is 0 Å². The molecule has 2 heteroatoms. The number of rotatable bonds is 3. The molecular formula is C8H17NO. The fraction of sp³-hybridized carbons (Fsp3) is 1.00. The Balaban J connectivity index is 2.47. The van der Waals surface area contributed by atoms with Gasteiger partial charge in [-0.3, -0.25) is 0 Å². The Morgan fingerprint density at radius 3 is 2.10 bits per heavy atom. The van der Waals surface area contributed by atoms with Gasteiger partial charge in [0.25, 0.3) is 0 Å². The molecule has 0 bridgehead atoms. The van der Waals surface area contributed by atoms with Gasteiger partial charge in [-0.2, -0.15) is 0 Å². The van der Waals surface area contributed by atoms with Crippen molar-refractivity contribution in [1.82, 2.24) is 4.90 Å². The normalized spacial score (nSPS) is 24.9. The lowest BCUT2D eigenvalue weighted by Crippen LogP contribution is -2.35. The molecule has 0 saturated heterocycles. The van der Waals surface area contributed by atoms with Crippen LogP contribution in [-0.4, -0.2) is 36.8 Å². The van der Waals surface area contributed by atoms with Gasteiger partial charge in [0.15, 0.2) is 0 Å². The average Bonchev–Trinajstić information content (AvgIpc) is 2.66. The quantitative estimate of drug-likeness (QED) is 0.629. The van der Waals surface area contributed by atoms with E-state index in [0.717, 1.165) is 0 Å². The molecule has 2 nitrogen and oxygen atoms in total. The number of hydrogen-bond acceptors (Lipinski definition) is 2. The molecule has 0 aromatic carbocycles. The first-order valence-corrected chi connectivity index (χ1v) is 3.90. The Kier molecular flexibility index (Phi) is 2.02. The van der Waals surface area contributed by atoms with Crippen molar-refractivity contribution in [2.75, 3.05) is 20.7 Å². The zero-order valence-corrected chi connectivity index (χ0v) is 7.09. The summed E-state index contributed by atoms with van der Waals surface area (Å²) in [6.07, 6.45) is 2.39. The van der Waals surface area contributed by atoms with Gasteiger partial charge in [0.2, 0.25) is 0 Å².